The minimum absolute atomic E-state index is 0.285. The normalized spacial score (nSPS) is 11.1. The van der Waals surface area contributed by atoms with Crippen molar-refractivity contribution in [1.29, 1.82) is 0 Å². The van der Waals surface area contributed by atoms with Gasteiger partial charge in [-0.25, -0.2) is 9.59 Å². The third-order valence-corrected chi connectivity index (χ3v) is 5.68. The van der Waals surface area contributed by atoms with Gasteiger partial charge in [0.05, 0.1) is 23.3 Å². The van der Waals surface area contributed by atoms with E-state index in [0.29, 0.717) is 22.3 Å². The number of hydrogen-bond donors (Lipinski definition) is 0. The predicted octanol–water partition coefficient (Wildman–Crippen LogP) is 5.80. The molecule has 0 amide bonds. The molecule has 3 aromatic carbocycles. The molecule has 5 nitrogen and oxygen atoms in total. The van der Waals surface area contributed by atoms with Gasteiger partial charge in [-0.3, -0.25) is 0 Å². The predicted molar refractivity (Wildman–Crippen MR) is 120 cm³/mol. The van der Waals surface area contributed by atoms with Crippen molar-refractivity contribution >= 4 is 49.5 Å². The number of halogens is 1. The van der Waals surface area contributed by atoms with Crippen molar-refractivity contribution in [3.63, 3.8) is 0 Å². The first-order valence-corrected chi connectivity index (χ1v) is 10.4. The number of aryl methyl sites for hydroxylation is 1. The van der Waals surface area contributed by atoms with Gasteiger partial charge in [0.15, 0.2) is 0 Å². The van der Waals surface area contributed by atoms with Crippen LogP contribution in [0.1, 0.15) is 33.3 Å². The molecular formula is C24H20BrNO4. The summed E-state index contributed by atoms with van der Waals surface area (Å²) < 4.78 is 13.8. The molecule has 6 heteroatoms. The maximum atomic E-state index is 12.8. The van der Waals surface area contributed by atoms with Crippen LogP contribution in [0.15, 0.2) is 59.1 Å². The van der Waals surface area contributed by atoms with Gasteiger partial charge >= 0.3 is 11.9 Å². The second-order valence-corrected chi connectivity index (χ2v) is 7.87. The zero-order valence-electron chi connectivity index (χ0n) is 16.9. The van der Waals surface area contributed by atoms with Crippen LogP contribution >= 0.6 is 15.9 Å². The Hall–Kier alpha value is -3.12. The number of aromatic nitrogens is 1. The molecule has 152 valence electrons. The van der Waals surface area contributed by atoms with Gasteiger partial charge in [-0.15, -0.1) is 0 Å². The molecule has 4 rings (SSSR count). The van der Waals surface area contributed by atoms with Gasteiger partial charge in [0, 0.05) is 33.4 Å². The molecule has 1 heterocycles. The topological polar surface area (TPSA) is 57.5 Å². The summed E-state index contributed by atoms with van der Waals surface area (Å²) in [6.07, 6.45) is 0. The van der Waals surface area contributed by atoms with E-state index in [2.05, 4.69) is 15.9 Å². The van der Waals surface area contributed by atoms with Gasteiger partial charge in [0.2, 0.25) is 0 Å². The average Bonchev–Trinajstić information content (AvgIpc) is 2.98. The number of carbonyl (C=O) groups is 2. The summed E-state index contributed by atoms with van der Waals surface area (Å²) >= 11 is 3.38. The number of hydrogen-bond acceptors (Lipinski definition) is 4. The minimum Gasteiger partial charge on any atom is -0.462 e. The first-order valence-electron chi connectivity index (χ1n) is 9.58. The highest BCUT2D eigenvalue weighted by molar-refractivity contribution is 9.10. The Morgan fingerprint density at radius 1 is 0.967 bits per heavy atom. The Kier molecular flexibility index (Phi) is 5.35. The van der Waals surface area contributed by atoms with E-state index >= 15 is 0 Å². The number of carbonyl (C=O) groups excluding carboxylic acids is 2. The minimum atomic E-state index is -0.467. The highest BCUT2D eigenvalue weighted by Gasteiger charge is 2.23. The lowest BCUT2D eigenvalue weighted by Gasteiger charge is -2.11. The van der Waals surface area contributed by atoms with Crippen molar-refractivity contribution in [3.05, 3.63) is 75.9 Å². The number of nitrogens with zero attached hydrogens (tertiary/aromatic N) is 1. The molecule has 0 spiro atoms. The first-order chi connectivity index (χ1) is 14.4. The molecule has 0 bridgehead atoms. The molecule has 1 aromatic heterocycles. The van der Waals surface area contributed by atoms with E-state index in [1.807, 2.05) is 48.9 Å². The molecule has 0 unspecified atom stereocenters. The third-order valence-electron chi connectivity index (χ3n) is 5.19. The summed E-state index contributed by atoms with van der Waals surface area (Å²) in [7, 11) is 1.92. The molecule has 0 aliphatic carbocycles. The fraction of sp³-hybridized carbons (Fsp3) is 0.167. The number of rotatable bonds is 4. The fourth-order valence-electron chi connectivity index (χ4n) is 3.73. The van der Waals surface area contributed by atoms with Gasteiger partial charge in [0.1, 0.15) is 5.75 Å². The van der Waals surface area contributed by atoms with Crippen molar-refractivity contribution < 1.29 is 19.1 Å². The molecule has 0 saturated carbocycles. The van der Waals surface area contributed by atoms with E-state index in [1.165, 1.54) is 0 Å². The van der Waals surface area contributed by atoms with Gasteiger partial charge in [0.25, 0.3) is 0 Å². The van der Waals surface area contributed by atoms with Crippen LogP contribution in [0.2, 0.25) is 0 Å². The number of benzene rings is 3. The van der Waals surface area contributed by atoms with Crippen molar-refractivity contribution in [2.75, 3.05) is 6.61 Å². The van der Waals surface area contributed by atoms with E-state index in [4.69, 9.17) is 9.47 Å². The summed E-state index contributed by atoms with van der Waals surface area (Å²) in [5, 5.41) is 2.39. The molecule has 0 atom stereocenters. The van der Waals surface area contributed by atoms with Crippen LogP contribution in [-0.4, -0.2) is 23.1 Å². The Bertz CT molecular complexity index is 1310. The van der Waals surface area contributed by atoms with Gasteiger partial charge in [-0.2, -0.15) is 0 Å². The van der Waals surface area contributed by atoms with Crippen LogP contribution in [0.5, 0.6) is 5.75 Å². The highest BCUT2D eigenvalue weighted by Crippen LogP contribution is 2.38. The number of esters is 2. The lowest BCUT2D eigenvalue weighted by molar-refractivity contribution is 0.0527. The van der Waals surface area contributed by atoms with Gasteiger partial charge in [-0.1, -0.05) is 46.3 Å². The van der Waals surface area contributed by atoms with Crippen LogP contribution in [0, 0.1) is 6.92 Å². The van der Waals surface area contributed by atoms with Crippen LogP contribution in [0.4, 0.5) is 0 Å². The number of fused-ring (bicyclic) bond motifs is 3. The Labute approximate surface area is 182 Å². The Balaban J connectivity index is 1.94. The smallest absolute Gasteiger partial charge is 0.343 e. The molecule has 30 heavy (non-hydrogen) atoms. The second kappa shape index (κ2) is 7.95. The summed E-state index contributed by atoms with van der Waals surface area (Å²) in [5.41, 5.74) is 2.61. The maximum Gasteiger partial charge on any atom is 0.343 e. The lowest BCUT2D eigenvalue weighted by Crippen LogP contribution is -2.09. The molecule has 0 fully saturated rings. The second-order valence-electron chi connectivity index (χ2n) is 6.96. The van der Waals surface area contributed by atoms with Crippen LogP contribution in [0.25, 0.3) is 21.7 Å². The van der Waals surface area contributed by atoms with E-state index in [-0.39, 0.29) is 12.6 Å². The maximum absolute atomic E-state index is 12.8. The van der Waals surface area contributed by atoms with E-state index in [9.17, 15) is 9.59 Å². The van der Waals surface area contributed by atoms with Crippen molar-refractivity contribution in [3.8, 4) is 5.75 Å². The van der Waals surface area contributed by atoms with Crippen LogP contribution in [0.3, 0.4) is 0 Å². The summed E-state index contributed by atoms with van der Waals surface area (Å²) in [6.45, 7) is 3.94. The zero-order valence-corrected chi connectivity index (χ0v) is 18.4. The third kappa shape index (κ3) is 3.37. The molecule has 4 aromatic rings. The standard InChI is InChI=1S/C24H20BrNO4/c1-4-29-24(28)21-14(2)26(3)22-18-11-6-5-10-17(18)20(13-19(21)22)30-23(27)15-8-7-9-16(25)12-15/h5-13H,4H2,1-3H3. The monoisotopic (exact) mass is 465 g/mol. The quantitative estimate of drug-likeness (QED) is 0.282. The van der Waals surface area contributed by atoms with E-state index in [0.717, 1.165) is 26.5 Å². The average molecular weight is 466 g/mol. The van der Waals surface area contributed by atoms with Crippen LogP contribution in [-0.2, 0) is 11.8 Å². The van der Waals surface area contributed by atoms with Crippen LogP contribution < -0.4 is 4.74 Å². The van der Waals surface area contributed by atoms with Crippen molar-refractivity contribution in [2.45, 2.75) is 13.8 Å². The molecule has 0 radical (unpaired) electrons. The SMILES string of the molecule is CCOC(=O)c1c(C)n(C)c2c1cc(OC(=O)c1cccc(Br)c1)c1ccccc12. The molecule has 0 saturated heterocycles. The Morgan fingerprint density at radius 3 is 2.40 bits per heavy atom. The van der Waals surface area contributed by atoms with Gasteiger partial charge < -0.3 is 14.0 Å². The summed E-state index contributed by atoms with van der Waals surface area (Å²) in [6, 6.07) is 16.5. The summed E-state index contributed by atoms with van der Waals surface area (Å²) in [5.74, 6) is -0.453. The molecule has 0 aliphatic rings. The zero-order chi connectivity index (χ0) is 21.4. The van der Waals surface area contributed by atoms with Crippen molar-refractivity contribution in [2.24, 2.45) is 7.05 Å². The summed E-state index contributed by atoms with van der Waals surface area (Å²) in [4.78, 5) is 25.5. The largest absolute Gasteiger partial charge is 0.462 e. The van der Waals surface area contributed by atoms with Gasteiger partial charge in [-0.05, 0) is 38.1 Å². The molecule has 0 aliphatic heterocycles. The van der Waals surface area contributed by atoms with Crippen molar-refractivity contribution in [1.82, 2.24) is 4.57 Å². The number of ether oxygens (including phenoxy) is 2. The molecule has 0 N–H and O–H groups in total. The van der Waals surface area contributed by atoms with E-state index in [1.54, 1.807) is 31.2 Å². The van der Waals surface area contributed by atoms with E-state index < -0.39 is 5.97 Å². The lowest BCUT2D eigenvalue weighted by atomic mass is 10.0. The highest BCUT2D eigenvalue weighted by atomic mass is 79.9. The Morgan fingerprint density at radius 2 is 1.70 bits per heavy atom. The molecular weight excluding hydrogens is 446 g/mol. The first kappa shape index (κ1) is 20.2. The fourth-order valence-corrected chi connectivity index (χ4v) is 4.13.